The van der Waals surface area contributed by atoms with Gasteiger partial charge >= 0.3 is 0 Å². The Bertz CT molecular complexity index is 408. The molecule has 116 valence electrons. The van der Waals surface area contributed by atoms with Crippen molar-refractivity contribution in [2.24, 2.45) is 0 Å². The molecule has 0 radical (unpaired) electrons. The molecule has 0 spiro atoms. The fourth-order valence-corrected chi connectivity index (χ4v) is 4.08. The molecule has 2 saturated heterocycles. The summed E-state index contributed by atoms with van der Waals surface area (Å²) in [5.41, 5.74) is 0. The fraction of sp³-hybridized carbons (Fsp3) is 0.667. The molecule has 3 nitrogen and oxygen atoms in total. The van der Waals surface area contributed by atoms with Crippen molar-refractivity contribution < 1.29 is 4.74 Å². The first kappa shape index (κ1) is 14.9. The van der Waals surface area contributed by atoms with Gasteiger partial charge in [0, 0.05) is 24.7 Å². The molecule has 1 N–H and O–H groups in total. The number of piperidine rings is 2. The minimum absolute atomic E-state index is 0.733. The number of ether oxygens (including phenoxy) is 1. The second kappa shape index (κ2) is 7.28. The fourth-order valence-electron chi connectivity index (χ4n) is 4.08. The van der Waals surface area contributed by atoms with Crippen molar-refractivity contribution in [1.29, 1.82) is 0 Å². The van der Waals surface area contributed by atoms with Gasteiger partial charge in [-0.3, -0.25) is 4.90 Å². The zero-order valence-corrected chi connectivity index (χ0v) is 13.1. The van der Waals surface area contributed by atoms with Gasteiger partial charge in [0.05, 0.1) is 0 Å². The molecule has 2 fully saturated rings. The molecule has 2 aliphatic heterocycles. The second-order valence-corrected chi connectivity index (χ2v) is 6.36. The van der Waals surface area contributed by atoms with E-state index in [1.54, 1.807) is 0 Å². The van der Waals surface area contributed by atoms with Crippen LogP contribution in [0.1, 0.15) is 39.0 Å². The van der Waals surface area contributed by atoms with Gasteiger partial charge in [0.1, 0.15) is 12.4 Å². The minimum Gasteiger partial charge on any atom is -0.492 e. The highest BCUT2D eigenvalue weighted by Crippen LogP contribution is 2.33. The number of hydrogen-bond donors (Lipinski definition) is 1. The summed E-state index contributed by atoms with van der Waals surface area (Å²) < 4.78 is 5.89. The monoisotopic (exact) mass is 288 g/mol. The Morgan fingerprint density at radius 2 is 1.86 bits per heavy atom. The second-order valence-electron chi connectivity index (χ2n) is 6.36. The van der Waals surface area contributed by atoms with Gasteiger partial charge in [-0.1, -0.05) is 31.5 Å². The molecule has 21 heavy (non-hydrogen) atoms. The summed E-state index contributed by atoms with van der Waals surface area (Å²) >= 11 is 0. The van der Waals surface area contributed by atoms with E-state index in [0.717, 1.165) is 43.6 Å². The first-order valence-electron chi connectivity index (χ1n) is 8.53. The molecule has 3 rings (SSSR count). The minimum atomic E-state index is 0.733. The van der Waals surface area contributed by atoms with Crippen LogP contribution in [0.25, 0.3) is 0 Å². The first-order chi connectivity index (χ1) is 10.4. The maximum absolute atomic E-state index is 5.89. The molecule has 0 amide bonds. The smallest absolute Gasteiger partial charge is 0.119 e. The Balaban J connectivity index is 1.51. The summed E-state index contributed by atoms with van der Waals surface area (Å²) in [5, 5.41) is 3.66. The number of fused-ring (bicyclic) bond motifs is 2. The van der Waals surface area contributed by atoms with Gasteiger partial charge in [0.2, 0.25) is 0 Å². The largest absolute Gasteiger partial charge is 0.492 e. The maximum Gasteiger partial charge on any atom is 0.119 e. The molecule has 2 bridgehead atoms. The summed E-state index contributed by atoms with van der Waals surface area (Å²) in [6, 6.07) is 12.4. The van der Waals surface area contributed by atoms with Crippen LogP contribution in [-0.2, 0) is 0 Å². The van der Waals surface area contributed by atoms with E-state index in [2.05, 4.69) is 17.1 Å². The lowest BCUT2D eigenvalue weighted by Crippen LogP contribution is -2.57. The number of nitrogens with zero attached hydrogens (tertiary/aromatic N) is 1. The molecular formula is C18H28N2O. The Kier molecular flexibility index (Phi) is 5.15. The molecular weight excluding hydrogens is 260 g/mol. The number of hydrogen-bond acceptors (Lipinski definition) is 3. The lowest BCUT2D eigenvalue weighted by atomic mass is 9.82. The van der Waals surface area contributed by atoms with Gasteiger partial charge in [-0.15, -0.1) is 0 Å². The summed E-state index contributed by atoms with van der Waals surface area (Å²) in [4.78, 5) is 2.72. The normalized spacial score (nSPS) is 29.3. The molecule has 0 saturated carbocycles. The van der Waals surface area contributed by atoms with Gasteiger partial charge in [0.25, 0.3) is 0 Å². The molecule has 2 aliphatic rings. The summed E-state index contributed by atoms with van der Waals surface area (Å²) in [7, 11) is 0. The Morgan fingerprint density at radius 3 is 2.52 bits per heavy atom. The van der Waals surface area contributed by atoms with Gasteiger partial charge in [-0.2, -0.15) is 0 Å². The van der Waals surface area contributed by atoms with E-state index in [1.807, 2.05) is 30.3 Å². The first-order valence-corrected chi connectivity index (χ1v) is 8.53. The Hall–Kier alpha value is -1.06. The van der Waals surface area contributed by atoms with Crippen LogP contribution >= 0.6 is 0 Å². The molecule has 1 aromatic rings. The number of para-hydroxylation sites is 1. The van der Waals surface area contributed by atoms with E-state index >= 15 is 0 Å². The van der Waals surface area contributed by atoms with E-state index in [1.165, 1.54) is 32.1 Å². The van der Waals surface area contributed by atoms with Crippen LogP contribution in [0.2, 0.25) is 0 Å². The van der Waals surface area contributed by atoms with Gasteiger partial charge in [-0.05, 0) is 44.4 Å². The van der Waals surface area contributed by atoms with E-state index in [0.29, 0.717) is 0 Å². The van der Waals surface area contributed by atoms with Crippen molar-refractivity contribution in [2.75, 3.05) is 19.7 Å². The molecule has 3 heteroatoms. The molecule has 2 atom stereocenters. The van der Waals surface area contributed by atoms with Gasteiger partial charge in [-0.25, -0.2) is 0 Å². The van der Waals surface area contributed by atoms with Crippen LogP contribution in [0.4, 0.5) is 0 Å². The molecule has 0 aliphatic carbocycles. The number of rotatable bonds is 6. The topological polar surface area (TPSA) is 24.5 Å². The van der Waals surface area contributed by atoms with Crippen LogP contribution in [0.5, 0.6) is 5.75 Å². The SMILES string of the molecule is CCNC1CC2CCCC(C1)N2CCOc1ccccc1. The Morgan fingerprint density at radius 1 is 1.14 bits per heavy atom. The van der Waals surface area contributed by atoms with Crippen molar-refractivity contribution in [2.45, 2.75) is 57.2 Å². The van der Waals surface area contributed by atoms with Crippen LogP contribution in [0.15, 0.2) is 30.3 Å². The average Bonchev–Trinajstić information content (AvgIpc) is 2.49. The van der Waals surface area contributed by atoms with E-state index in [9.17, 15) is 0 Å². The molecule has 1 aromatic carbocycles. The molecule has 2 heterocycles. The Labute approximate surface area is 128 Å². The third-order valence-electron chi connectivity index (χ3n) is 4.98. The highest BCUT2D eigenvalue weighted by Gasteiger charge is 2.37. The predicted molar refractivity (Wildman–Crippen MR) is 86.8 cm³/mol. The van der Waals surface area contributed by atoms with Crippen molar-refractivity contribution in [3.63, 3.8) is 0 Å². The van der Waals surface area contributed by atoms with E-state index in [4.69, 9.17) is 4.74 Å². The quantitative estimate of drug-likeness (QED) is 0.870. The lowest BCUT2D eigenvalue weighted by Gasteiger charge is -2.49. The van der Waals surface area contributed by atoms with Crippen molar-refractivity contribution in [3.8, 4) is 5.75 Å². The zero-order valence-electron chi connectivity index (χ0n) is 13.1. The van der Waals surface area contributed by atoms with Gasteiger partial charge < -0.3 is 10.1 Å². The highest BCUT2D eigenvalue weighted by molar-refractivity contribution is 5.20. The van der Waals surface area contributed by atoms with Crippen molar-refractivity contribution in [1.82, 2.24) is 10.2 Å². The van der Waals surface area contributed by atoms with Crippen LogP contribution < -0.4 is 10.1 Å². The van der Waals surface area contributed by atoms with Crippen LogP contribution in [0.3, 0.4) is 0 Å². The van der Waals surface area contributed by atoms with Crippen LogP contribution in [-0.4, -0.2) is 42.7 Å². The number of benzene rings is 1. The van der Waals surface area contributed by atoms with Crippen LogP contribution in [0, 0.1) is 0 Å². The number of nitrogens with one attached hydrogen (secondary N) is 1. The summed E-state index contributed by atoms with van der Waals surface area (Å²) in [6.45, 7) is 5.20. The van der Waals surface area contributed by atoms with Crippen molar-refractivity contribution in [3.05, 3.63) is 30.3 Å². The average molecular weight is 288 g/mol. The third-order valence-corrected chi connectivity index (χ3v) is 4.98. The molecule has 0 aromatic heterocycles. The zero-order chi connectivity index (χ0) is 14.5. The van der Waals surface area contributed by atoms with E-state index in [-0.39, 0.29) is 0 Å². The lowest BCUT2D eigenvalue weighted by molar-refractivity contribution is 0.0155. The standard InChI is InChI=1S/C18H28N2O/c1-2-19-15-13-16-7-6-8-17(14-15)20(16)11-12-21-18-9-4-3-5-10-18/h3-5,9-10,15-17,19H,2,6-8,11-14H2,1H3. The van der Waals surface area contributed by atoms with Crippen molar-refractivity contribution >= 4 is 0 Å². The van der Waals surface area contributed by atoms with E-state index < -0.39 is 0 Å². The van der Waals surface area contributed by atoms with Gasteiger partial charge in [0.15, 0.2) is 0 Å². The summed E-state index contributed by atoms with van der Waals surface area (Å²) in [5.74, 6) is 0.991. The highest BCUT2D eigenvalue weighted by atomic mass is 16.5. The predicted octanol–water partition coefficient (Wildman–Crippen LogP) is 3.06. The third kappa shape index (κ3) is 3.78. The maximum atomic E-state index is 5.89. The molecule has 2 unspecified atom stereocenters. The summed E-state index contributed by atoms with van der Waals surface area (Å²) in [6.07, 6.45) is 6.77.